The van der Waals surface area contributed by atoms with Gasteiger partial charge in [0.25, 0.3) is 0 Å². The number of rotatable bonds is 7. The lowest BCUT2D eigenvalue weighted by Gasteiger charge is -2.26. The molecule has 1 atom stereocenters. The predicted molar refractivity (Wildman–Crippen MR) is 98.1 cm³/mol. The second-order valence-corrected chi connectivity index (χ2v) is 7.00. The highest BCUT2D eigenvalue weighted by Crippen LogP contribution is 2.35. The highest BCUT2D eigenvalue weighted by molar-refractivity contribution is 7.99. The first-order valence-electron chi connectivity index (χ1n) is 8.40. The number of nitriles is 1. The Balaban J connectivity index is 1.56. The molecule has 0 saturated heterocycles. The van der Waals surface area contributed by atoms with Crippen LogP contribution in [0.1, 0.15) is 36.4 Å². The van der Waals surface area contributed by atoms with E-state index in [-0.39, 0.29) is 0 Å². The lowest BCUT2D eigenvalue weighted by Crippen LogP contribution is -2.24. The van der Waals surface area contributed by atoms with Gasteiger partial charge in [-0.15, -0.1) is 11.8 Å². The van der Waals surface area contributed by atoms with Crippen LogP contribution in [0.3, 0.4) is 0 Å². The summed E-state index contributed by atoms with van der Waals surface area (Å²) in [6.07, 6.45) is 2.47. The van der Waals surface area contributed by atoms with E-state index in [1.807, 2.05) is 23.9 Å². The van der Waals surface area contributed by atoms with Crippen molar-refractivity contribution in [2.75, 3.05) is 12.4 Å². The first-order chi connectivity index (χ1) is 11.9. The monoisotopic (exact) mass is 338 g/mol. The van der Waals surface area contributed by atoms with E-state index in [0.29, 0.717) is 19.1 Å². The molecule has 0 radical (unpaired) electrons. The van der Waals surface area contributed by atoms with E-state index in [2.05, 4.69) is 47.8 Å². The molecule has 0 fully saturated rings. The number of unbranched alkanes of at least 4 members (excludes halogenated alkanes) is 1. The maximum Gasteiger partial charge on any atom is 0.119 e. The largest absolute Gasteiger partial charge is 0.494 e. The van der Waals surface area contributed by atoms with Crippen molar-refractivity contribution < 1.29 is 4.74 Å². The van der Waals surface area contributed by atoms with Crippen LogP contribution in [0.15, 0.2) is 53.4 Å². The third kappa shape index (κ3) is 4.53. The Bertz CT molecular complexity index is 711. The van der Waals surface area contributed by atoms with Crippen molar-refractivity contribution in [2.45, 2.75) is 36.7 Å². The van der Waals surface area contributed by atoms with Gasteiger partial charge in [-0.2, -0.15) is 5.26 Å². The molecule has 124 valence electrons. The minimum Gasteiger partial charge on any atom is -0.494 e. The quantitative estimate of drug-likeness (QED) is 0.744. The lowest BCUT2D eigenvalue weighted by atomic mass is 10.0. The van der Waals surface area contributed by atoms with Crippen molar-refractivity contribution in [1.29, 1.82) is 5.26 Å². The molecule has 1 aliphatic heterocycles. The van der Waals surface area contributed by atoms with Gasteiger partial charge >= 0.3 is 0 Å². The SMILES string of the molecule is N#CCCCOc1cccc(CN[C@H]2CCSc3ccccc32)c1. The van der Waals surface area contributed by atoms with Crippen molar-refractivity contribution in [3.63, 3.8) is 0 Å². The molecule has 1 heterocycles. The van der Waals surface area contributed by atoms with E-state index in [1.54, 1.807) is 0 Å². The van der Waals surface area contributed by atoms with Crippen LogP contribution in [0.4, 0.5) is 0 Å². The highest BCUT2D eigenvalue weighted by atomic mass is 32.2. The summed E-state index contributed by atoms with van der Waals surface area (Å²) in [5.74, 6) is 2.04. The molecule has 2 aromatic rings. The lowest BCUT2D eigenvalue weighted by molar-refractivity contribution is 0.312. The summed E-state index contributed by atoms with van der Waals surface area (Å²) in [5, 5.41) is 12.2. The van der Waals surface area contributed by atoms with Gasteiger partial charge in [-0.05, 0) is 47.9 Å². The van der Waals surface area contributed by atoms with Gasteiger partial charge in [-0.25, -0.2) is 0 Å². The third-order valence-electron chi connectivity index (χ3n) is 4.11. The first kappa shape index (κ1) is 16.9. The van der Waals surface area contributed by atoms with E-state index in [9.17, 15) is 0 Å². The highest BCUT2D eigenvalue weighted by Gasteiger charge is 2.19. The Morgan fingerprint density at radius 3 is 3.04 bits per heavy atom. The Labute approximate surface area is 148 Å². The number of hydrogen-bond acceptors (Lipinski definition) is 4. The van der Waals surface area contributed by atoms with E-state index in [1.165, 1.54) is 16.0 Å². The molecule has 3 rings (SSSR count). The van der Waals surface area contributed by atoms with Crippen LogP contribution >= 0.6 is 11.8 Å². The van der Waals surface area contributed by atoms with Crippen LogP contribution in [0, 0.1) is 11.3 Å². The average molecular weight is 338 g/mol. The normalized spacial score (nSPS) is 16.2. The Morgan fingerprint density at radius 2 is 2.12 bits per heavy atom. The van der Waals surface area contributed by atoms with Gasteiger partial charge < -0.3 is 10.1 Å². The molecule has 0 spiro atoms. The van der Waals surface area contributed by atoms with Gasteiger partial charge in [0.15, 0.2) is 0 Å². The van der Waals surface area contributed by atoms with Crippen LogP contribution in [0.5, 0.6) is 5.75 Å². The van der Waals surface area contributed by atoms with Crippen molar-refractivity contribution in [3.05, 3.63) is 59.7 Å². The molecule has 1 aliphatic rings. The van der Waals surface area contributed by atoms with Gasteiger partial charge in [-0.3, -0.25) is 0 Å². The fourth-order valence-corrected chi connectivity index (χ4v) is 4.01. The van der Waals surface area contributed by atoms with Gasteiger partial charge in [0, 0.05) is 23.9 Å². The zero-order valence-corrected chi connectivity index (χ0v) is 14.5. The molecule has 0 bridgehead atoms. The molecule has 4 heteroatoms. The summed E-state index contributed by atoms with van der Waals surface area (Å²) in [5.41, 5.74) is 2.64. The Kier molecular flexibility index (Phi) is 6.17. The van der Waals surface area contributed by atoms with E-state index in [0.717, 1.165) is 30.9 Å². The minimum atomic E-state index is 0.419. The molecule has 0 amide bonds. The van der Waals surface area contributed by atoms with E-state index in [4.69, 9.17) is 10.00 Å². The van der Waals surface area contributed by atoms with Crippen molar-refractivity contribution in [1.82, 2.24) is 5.32 Å². The summed E-state index contributed by atoms with van der Waals surface area (Å²) < 4.78 is 5.71. The van der Waals surface area contributed by atoms with Gasteiger partial charge in [0.2, 0.25) is 0 Å². The van der Waals surface area contributed by atoms with Gasteiger partial charge in [-0.1, -0.05) is 30.3 Å². The zero-order valence-electron chi connectivity index (χ0n) is 13.7. The topological polar surface area (TPSA) is 45.0 Å². The van der Waals surface area contributed by atoms with Gasteiger partial charge in [0.05, 0.1) is 12.7 Å². The maximum absolute atomic E-state index is 8.56. The number of thioether (sulfide) groups is 1. The van der Waals surface area contributed by atoms with Crippen molar-refractivity contribution in [2.24, 2.45) is 0 Å². The molecule has 0 unspecified atom stereocenters. The van der Waals surface area contributed by atoms with Crippen LogP contribution in [0.25, 0.3) is 0 Å². The summed E-state index contributed by atoms with van der Waals surface area (Å²) in [6, 6.07) is 19.4. The molecule has 1 N–H and O–H groups in total. The summed E-state index contributed by atoms with van der Waals surface area (Å²) >= 11 is 1.95. The number of nitrogens with zero attached hydrogens (tertiary/aromatic N) is 1. The van der Waals surface area contributed by atoms with Crippen LogP contribution < -0.4 is 10.1 Å². The number of benzene rings is 2. The maximum atomic E-state index is 8.56. The fourth-order valence-electron chi connectivity index (χ4n) is 2.88. The van der Waals surface area contributed by atoms with Crippen LogP contribution in [-0.4, -0.2) is 12.4 Å². The molecule has 24 heavy (non-hydrogen) atoms. The number of hydrogen-bond donors (Lipinski definition) is 1. The number of ether oxygens (including phenoxy) is 1. The van der Waals surface area contributed by atoms with Crippen molar-refractivity contribution in [3.8, 4) is 11.8 Å². The molecular formula is C20H22N2OS. The minimum absolute atomic E-state index is 0.419. The van der Waals surface area contributed by atoms with E-state index >= 15 is 0 Å². The first-order valence-corrected chi connectivity index (χ1v) is 9.39. The Hall–Kier alpha value is -1.96. The zero-order chi connectivity index (χ0) is 16.6. The molecule has 0 saturated carbocycles. The fraction of sp³-hybridized carbons (Fsp3) is 0.350. The van der Waals surface area contributed by atoms with Gasteiger partial charge in [0.1, 0.15) is 5.75 Å². The third-order valence-corrected chi connectivity index (χ3v) is 5.23. The molecule has 2 aromatic carbocycles. The number of nitrogens with one attached hydrogen (secondary N) is 1. The van der Waals surface area contributed by atoms with Crippen LogP contribution in [-0.2, 0) is 6.54 Å². The molecular weight excluding hydrogens is 316 g/mol. The molecule has 3 nitrogen and oxygen atoms in total. The summed E-state index contributed by atoms with van der Waals surface area (Å²) in [4.78, 5) is 1.40. The Morgan fingerprint density at radius 1 is 1.21 bits per heavy atom. The summed E-state index contributed by atoms with van der Waals surface area (Å²) in [6.45, 7) is 1.43. The molecule has 0 aliphatic carbocycles. The van der Waals surface area contributed by atoms with E-state index < -0.39 is 0 Å². The second kappa shape index (κ2) is 8.77. The van der Waals surface area contributed by atoms with Crippen molar-refractivity contribution >= 4 is 11.8 Å². The smallest absolute Gasteiger partial charge is 0.119 e. The standard InChI is InChI=1S/C20H22N2OS/c21-11-3-4-12-23-17-7-5-6-16(14-17)15-22-19-10-13-24-20-9-2-1-8-18(19)20/h1-2,5-9,14,19,22H,3-4,10,12-13,15H2/t19-/m0/s1. The molecule has 0 aromatic heterocycles. The summed E-state index contributed by atoms with van der Waals surface area (Å²) in [7, 11) is 0. The predicted octanol–water partition coefficient (Wildman–Crippen LogP) is 4.70. The second-order valence-electron chi connectivity index (χ2n) is 5.87. The van der Waals surface area contributed by atoms with Crippen LogP contribution in [0.2, 0.25) is 0 Å². The number of fused-ring (bicyclic) bond motifs is 1. The average Bonchev–Trinajstić information content (AvgIpc) is 2.64.